The van der Waals surface area contributed by atoms with Crippen LogP contribution in [0.2, 0.25) is 0 Å². The topological polar surface area (TPSA) is 61.7 Å². The average molecular weight is 184 g/mol. The van der Waals surface area contributed by atoms with E-state index in [0.717, 1.165) is 19.3 Å². The number of nitrogens with zero attached hydrogens (tertiary/aromatic N) is 1. The van der Waals surface area contributed by atoms with Gasteiger partial charge in [0.05, 0.1) is 0 Å². The summed E-state index contributed by atoms with van der Waals surface area (Å²) >= 11 is 0. The summed E-state index contributed by atoms with van der Waals surface area (Å²) < 4.78 is 0. The fraction of sp³-hybridized carbons (Fsp3) is 1.00. The van der Waals surface area contributed by atoms with Gasteiger partial charge in [-0.2, -0.15) is 5.48 Å². The Morgan fingerprint density at radius 2 is 1.91 bits per heavy atom. The van der Waals surface area contributed by atoms with Crippen molar-refractivity contribution >= 4 is 0 Å². The SMILES string of the molecule is O=NC1(NO)CCCCC1.[H-].[K+]. The van der Waals surface area contributed by atoms with E-state index in [2.05, 4.69) is 5.18 Å². The van der Waals surface area contributed by atoms with Gasteiger partial charge >= 0.3 is 51.4 Å². The quantitative estimate of drug-likeness (QED) is 0.312. The van der Waals surface area contributed by atoms with E-state index in [1.165, 1.54) is 0 Å². The van der Waals surface area contributed by atoms with Gasteiger partial charge in [-0.1, -0.05) is 6.42 Å². The largest absolute Gasteiger partial charge is 1.00 e. The fourth-order valence-corrected chi connectivity index (χ4v) is 1.36. The second-order valence-electron chi connectivity index (χ2n) is 2.80. The van der Waals surface area contributed by atoms with E-state index in [4.69, 9.17) is 5.21 Å². The van der Waals surface area contributed by atoms with Crippen LogP contribution in [0.25, 0.3) is 0 Å². The second kappa shape index (κ2) is 5.74. The van der Waals surface area contributed by atoms with Crippen LogP contribution in [-0.2, 0) is 0 Å². The first-order valence-electron chi connectivity index (χ1n) is 3.59. The summed E-state index contributed by atoms with van der Waals surface area (Å²) in [5, 5.41) is 11.5. The first-order chi connectivity index (χ1) is 4.83. The molecule has 2 N–H and O–H groups in total. The van der Waals surface area contributed by atoms with Crippen LogP contribution in [0.3, 0.4) is 0 Å². The third kappa shape index (κ3) is 3.18. The van der Waals surface area contributed by atoms with Gasteiger partial charge in [-0.15, -0.1) is 4.91 Å². The van der Waals surface area contributed by atoms with Crippen LogP contribution in [0.1, 0.15) is 33.5 Å². The van der Waals surface area contributed by atoms with E-state index in [0.29, 0.717) is 12.8 Å². The molecule has 0 unspecified atom stereocenters. The zero-order chi connectivity index (χ0) is 7.45. The second-order valence-corrected chi connectivity index (χ2v) is 2.80. The number of hydrogen-bond acceptors (Lipinski definition) is 4. The van der Waals surface area contributed by atoms with Crippen LogP contribution < -0.4 is 56.9 Å². The molecule has 0 spiro atoms. The molecule has 0 saturated heterocycles. The number of hydroxylamine groups is 1. The minimum atomic E-state index is -0.863. The Labute approximate surface area is 110 Å². The molecule has 0 bridgehead atoms. The van der Waals surface area contributed by atoms with Crippen LogP contribution in [0.5, 0.6) is 0 Å². The summed E-state index contributed by atoms with van der Waals surface area (Å²) in [6.45, 7) is 0. The van der Waals surface area contributed by atoms with E-state index in [1.54, 1.807) is 0 Å². The third-order valence-corrected chi connectivity index (χ3v) is 2.06. The predicted molar refractivity (Wildman–Crippen MR) is 37.6 cm³/mol. The standard InChI is InChI=1S/C6H12N2O2.K.H/c9-7-6(8-10)4-2-1-3-5-6;;/h7,9H,1-5H2;;/q;+1;-1. The summed E-state index contributed by atoms with van der Waals surface area (Å²) in [7, 11) is 0. The Morgan fingerprint density at radius 1 is 1.36 bits per heavy atom. The van der Waals surface area contributed by atoms with Gasteiger partial charge in [-0.3, -0.25) is 0 Å². The van der Waals surface area contributed by atoms with Crippen molar-refractivity contribution < 1.29 is 58.0 Å². The first-order valence-corrected chi connectivity index (χ1v) is 3.59. The molecular weight excluding hydrogens is 171 g/mol. The van der Waals surface area contributed by atoms with Gasteiger partial charge in [0.1, 0.15) is 0 Å². The first kappa shape index (κ1) is 12.2. The molecule has 0 aromatic carbocycles. The van der Waals surface area contributed by atoms with Crippen molar-refractivity contribution in [3.63, 3.8) is 0 Å². The molecule has 0 atom stereocenters. The minimum Gasteiger partial charge on any atom is -1.00 e. The van der Waals surface area contributed by atoms with E-state index >= 15 is 0 Å². The molecular formula is C6H13KN2O2. The van der Waals surface area contributed by atoms with Gasteiger partial charge in [0.2, 0.25) is 0 Å². The van der Waals surface area contributed by atoms with Crippen LogP contribution in [0, 0.1) is 4.91 Å². The number of nitrogens with one attached hydrogen (secondary N) is 1. The molecule has 1 fully saturated rings. The maximum Gasteiger partial charge on any atom is 1.00 e. The molecule has 0 aromatic heterocycles. The Morgan fingerprint density at radius 3 is 2.18 bits per heavy atom. The van der Waals surface area contributed by atoms with E-state index in [-0.39, 0.29) is 52.8 Å². The molecule has 0 aliphatic heterocycles. The molecule has 0 radical (unpaired) electrons. The summed E-state index contributed by atoms with van der Waals surface area (Å²) in [5.41, 5.74) is 1.13. The normalized spacial score (nSPS) is 21.9. The Bertz CT molecular complexity index is 131. The average Bonchev–Trinajstić information content (AvgIpc) is 2.06. The zero-order valence-corrected chi connectivity index (χ0v) is 9.96. The van der Waals surface area contributed by atoms with Gasteiger partial charge in [-0.25, -0.2) is 0 Å². The van der Waals surface area contributed by atoms with Crippen LogP contribution in [-0.4, -0.2) is 10.9 Å². The Kier molecular flexibility index (Phi) is 6.35. The zero-order valence-electron chi connectivity index (χ0n) is 7.84. The van der Waals surface area contributed by atoms with Gasteiger partial charge < -0.3 is 6.63 Å². The van der Waals surface area contributed by atoms with Gasteiger partial charge in [0.15, 0.2) is 5.66 Å². The summed E-state index contributed by atoms with van der Waals surface area (Å²) in [4.78, 5) is 10.2. The fourth-order valence-electron chi connectivity index (χ4n) is 1.36. The van der Waals surface area contributed by atoms with Crippen molar-refractivity contribution in [3.05, 3.63) is 4.91 Å². The van der Waals surface area contributed by atoms with Gasteiger partial charge in [-0.05, 0) is 30.9 Å². The summed E-state index contributed by atoms with van der Waals surface area (Å²) in [5.74, 6) is 0. The molecule has 0 heterocycles. The molecule has 60 valence electrons. The molecule has 5 heteroatoms. The molecule has 1 aliphatic carbocycles. The van der Waals surface area contributed by atoms with Crippen molar-refractivity contribution in [1.82, 2.24) is 5.48 Å². The van der Waals surface area contributed by atoms with Crippen LogP contribution in [0.4, 0.5) is 0 Å². The maximum atomic E-state index is 10.2. The molecule has 4 nitrogen and oxygen atoms in total. The molecule has 11 heavy (non-hydrogen) atoms. The van der Waals surface area contributed by atoms with Gasteiger partial charge in [0.25, 0.3) is 0 Å². The number of rotatable bonds is 2. The monoisotopic (exact) mass is 184 g/mol. The van der Waals surface area contributed by atoms with Crippen LogP contribution in [0.15, 0.2) is 5.18 Å². The smallest absolute Gasteiger partial charge is 1.00 e. The van der Waals surface area contributed by atoms with Crippen molar-refractivity contribution in [2.75, 3.05) is 0 Å². The maximum absolute atomic E-state index is 10.2. The molecule has 0 aromatic rings. The molecule has 1 rings (SSSR count). The third-order valence-electron chi connectivity index (χ3n) is 2.06. The number of nitroso groups, excluding NO2 is 1. The Balaban J connectivity index is 0. The van der Waals surface area contributed by atoms with E-state index in [9.17, 15) is 4.91 Å². The van der Waals surface area contributed by atoms with Crippen molar-refractivity contribution in [2.24, 2.45) is 5.18 Å². The van der Waals surface area contributed by atoms with Crippen molar-refractivity contribution in [2.45, 2.75) is 37.8 Å². The van der Waals surface area contributed by atoms with Crippen LogP contribution >= 0.6 is 0 Å². The predicted octanol–water partition coefficient (Wildman–Crippen LogP) is -1.49. The molecule has 0 amide bonds. The van der Waals surface area contributed by atoms with E-state index in [1.807, 2.05) is 5.48 Å². The molecule has 1 saturated carbocycles. The summed E-state index contributed by atoms with van der Waals surface area (Å²) in [6.07, 6.45) is 4.40. The van der Waals surface area contributed by atoms with Crippen molar-refractivity contribution in [1.29, 1.82) is 0 Å². The van der Waals surface area contributed by atoms with E-state index < -0.39 is 5.66 Å². The number of hydrogen-bond donors (Lipinski definition) is 2. The molecule has 1 aliphatic rings. The Hall–Kier alpha value is 1.16. The van der Waals surface area contributed by atoms with Crippen molar-refractivity contribution in [3.8, 4) is 0 Å². The minimum absolute atomic E-state index is 0. The summed E-state index contributed by atoms with van der Waals surface area (Å²) in [6, 6.07) is 0. The van der Waals surface area contributed by atoms with Gasteiger partial charge in [0, 0.05) is 0 Å².